The molecule has 1 rings (SSSR count). The Bertz CT molecular complexity index is 487. The largest absolute Gasteiger partial charge is 0.497 e. The highest BCUT2D eigenvalue weighted by atomic mass is 16.5. The molecule has 0 aromatic heterocycles. The summed E-state index contributed by atoms with van der Waals surface area (Å²) in [6.07, 6.45) is 0.935. The first-order valence-electron chi connectivity index (χ1n) is 6.77. The number of carbonyl (C=O) groups excluding carboxylic acids is 1. The zero-order valence-electron chi connectivity index (χ0n) is 12.8. The zero-order chi connectivity index (χ0) is 15.8. The molecule has 0 aliphatic carbocycles. The second-order valence-electron chi connectivity index (χ2n) is 4.75. The summed E-state index contributed by atoms with van der Waals surface area (Å²) in [5, 5.41) is 13.6. The molecule has 0 amide bonds. The maximum atomic E-state index is 11.5. The van der Waals surface area contributed by atoms with E-state index in [1.807, 2.05) is 13.0 Å². The number of hydrogen-bond donors (Lipinski definition) is 2. The number of aliphatic hydroxyl groups excluding tert-OH is 1. The minimum absolute atomic E-state index is 0.0803. The van der Waals surface area contributed by atoms with E-state index < -0.39 is 12.1 Å². The molecule has 0 radical (unpaired) electrons. The van der Waals surface area contributed by atoms with Crippen LogP contribution >= 0.6 is 0 Å². The number of ether oxygens (including phenoxy) is 2. The summed E-state index contributed by atoms with van der Waals surface area (Å²) < 4.78 is 9.83. The molecule has 5 heteroatoms. The quantitative estimate of drug-likeness (QED) is 0.564. The van der Waals surface area contributed by atoms with Crippen LogP contribution in [0, 0.1) is 6.92 Å². The van der Waals surface area contributed by atoms with Gasteiger partial charge in [0.2, 0.25) is 0 Å². The smallest absolute Gasteiger partial charge is 0.307 e. The van der Waals surface area contributed by atoms with E-state index in [-0.39, 0.29) is 12.4 Å². The molecule has 0 spiro atoms. The predicted molar refractivity (Wildman–Crippen MR) is 81.3 cm³/mol. The molecule has 0 bridgehead atoms. The molecular weight excluding hydrogens is 270 g/mol. The molecule has 1 aromatic carbocycles. The lowest BCUT2D eigenvalue weighted by atomic mass is 9.95. The number of esters is 1. The molecule has 116 valence electrons. The van der Waals surface area contributed by atoms with Crippen LogP contribution in [0.3, 0.4) is 0 Å². The molecular formula is C16H23NO4. The van der Waals surface area contributed by atoms with Crippen molar-refractivity contribution < 1.29 is 19.4 Å². The molecule has 1 aromatic rings. The number of rotatable bonds is 8. The van der Waals surface area contributed by atoms with E-state index in [0.29, 0.717) is 6.54 Å². The highest BCUT2D eigenvalue weighted by molar-refractivity contribution is 5.70. The average Bonchev–Trinajstić information content (AvgIpc) is 2.50. The second-order valence-corrected chi connectivity index (χ2v) is 4.75. The Morgan fingerprint density at radius 3 is 2.71 bits per heavy atom. The molecule has 2 N–H and O–H groups in total. The Balaban J connectivity index is 2.94. The van der Waals surface area contributed by atoms with Crippen molar-refractivity contribution in [2.45, 2.75) is 25.5 Å². The van der Waals surface area contributed by atoms with Crippen LogP contribution in [-0.2, 0) is 9.53 Å². The summed E-state index contributed by atoms with van der Waals surface area (Å²) in [6.45, 7) is 6.01. The van der Waals surface area contributed by atoms with Crippen LogP contribution in [0.2, 0.25) is 0 Å². The minimum Gasteiger partial charge on any atom is -0.497 e. The van der Waals surface area contributed by atoms with Crippen LogP contribution in [0.15, 0.2) is 30.9 Å². The van der Waals surface area contributed by atoms with Gasteiger partial charge in [-0.15, -0.1) is 6.58 Å². The number of hydrogen-bond acceptors (Lipinski definition) is 5. The van der Waals surface area contributed by atoms with Crippen LogP contribution in [0.4, 0.5) is 0 Å². The highest BCUT2D eigenvalue weighted by Crippen LogP contribution is 2.26. The van der Waals surface area contributed by atoms with Crippen LogP contribution in [-0.4, -0.2) is 37.9 Å². The monoisotopic (exact) mass is 293 g/mol. The molecule has 5 nitrogen and oxygen atoms in total. The molecule has 0 saturated heterocycles. The Labute approximate surface area is 125 Å². The summed E-state index contributed by atoms with van der Waals surface area (Å²) >= 11 is 0. The third-order valence-electron chi connectivity index (χ3n) is 3.32. The van der Waals surface area contributed by atoms with Gasteiger partial charge in [0.25, 0.3) is 0 Å². The lowest BCUT2D eigenvalue weighted by Crippen LogP contribution is -2.37. The Hall–Kier alpha value is -1.85. The zero-order valence-corrected chi connectivity index (χ0v) is 12.8. The number of nitrogens with one attached hydrogen (secondary N) is 1. The standard InChI is InChI=1S/C16H23NO4/c1-5-8-17-14(10-15(18)21-4)16(19)13-7-6-12(20-3)9-11(13)2/h5-7,9,14,16-17,19H,1,8,10H2,2-4H3. The molecule has 0 fully saturated rings. The van der Waals surface area contributed by atoms with Gasteiger partial charge in [0.1, 0.15) is 5.75 Å². The van der Waals surface area contributed by atoms with E-state index in [0.717, 1.165) is 16.9 Å². The fraction of sp³-hybridized carbons (Fsp3) is 0.438. The van der Waals surface area contributed by atoms with Gasteiger partial charge in [-0.05, 0) is 30.2 Å². The van der Waals surface area contributed by atoms with Crippen molar-refractivity contribution in [3.05, 3.63) is 42.0 Å². The summed E-state index contributed by atoms with van der Waals surface area (Å²) in [5.41, 5.74) is 1.65. The highest BCUT2D eigenvalue weighted by Gasteiger charge is 2.24. The van der Waals surface area contributed by atoms with E-state index in [9.17, 15) is 9.90 Å². The fourth-order valence-corrected chi connectivity index (χ4v) is 2.12. The maximum absolute atomic E-state index is 11.5. The van der Waals surface area contributed by atoms with E-state index >= 15 is 0 Å². The van der Waals surface area contributed by atoms with Crippen LogP contribution < -0.4 is 10.1 Å². The molecule has 21 heavy (non-hydrogen) atoms. The summed E-state index contributed by atoms with van der Waals surface area (Å²) in [7, 11) is 2.93. The Morgan fingerprint density at radius 2 is 2.19 bits per heavy atom. The summed E-state index contributed by atoms with van der Waals surface area (Å²) in [6, 6.07) is 5.00. The van der Waals surface area contributed by atoms with E-state index in [1.54, 1.807) is 25.3 Å². The van der Waals surface area contributed by atoms with E-state index in [2.05, 4.69) is 16.6 Å². The van der Waals surface area contributed by atoms with Gasteiger partial charge >= 0.3 is 5.97 Å². The van der Waals surface area contributed by atoms with Crippen LogP contribution in [0.25, 0.3) is 0 Å². The van der Waals surface area contributed by atoms with Crippen molar-refractivity contribution >= 4 is 5.97 Å². The molecule has 0 aliphatic rings. The van der Waals surface area contributed by atoms with Crippen molar-refractivity contribution in [1.29, 1.82) is 0 Å². The van der Waals surface area contributed by atoms with Crippen molar-refractivity contribution in [2.75, 3.05) is 20.8 Å². The summed E-state index contributed by atoms with van der Waals surface area (Å²) in [5.74, 6) is 0.355. The van der Waals surface area contributed by atoms with Gasteiger partial charge in [0.05, 0.1) is 26.7 Å². The topological polar surface area (TPSA) is 67.8 Å². The van der Waals surface area contributed by atoms with Crippen LogP contribution in [0.1, 0.15) is 23.7 Å². The summed E-state index contributed by atoms with van der Waals surface area (Å²) in [4.78, 5) is 11.5. The van der Waals surface area contributed by atoms with Crippen LogP contribution in [0.5, 0.6) is 5.75 Å². The van der Waals surface area contributed by atoms with Gasteiger partial charge in [-0.1, -0.05) is 12.1 Å². The molecule has 0 aliphatic heterocycles. The molecule has 2 unspecified atom stereocenters. The lowest BCUT2D eigenvalue weighted by Gasteiger charge is -2.24. The van der Waals surface area contributed by atoms with Crippen molar-refractivity contribution in [3.8, 4) is 5.75 Å². The van der Waals surface area contributed by atoms with Gasteiger partial charge in [0, 0.05) is 12.6 Å². The maximum Gasteiger partial charge on any atom is 0.307 e. The van der Waals surface area contributed by atoms with Gasteiger partial charge < -0.3 is 19.9 Å². The second kappa shape index (κ2) is 8.44. The number of aliphatic hydroxyl groups is 1. The first-order valence-corrected chi connectivity index (χ1v) is 6.77. The first-order chi connectivity index (χ1) is 10.0. The molecule has 0 heterocycles. The third-order valence-corrected chi connectivity index (χ3v) is 3.32. The van der Waals surface area contributed by atoms with E-state index in [4.69, 9.17) is 4.74 Å². The number of aryl methyl sites for hydroxylation is 1. The van der Waals surface area contributed by atoms with Gasteiger partial charge in [-0.2, -0.15) is 0 Å². The van der Waals surface area contributed by atoms with Gasteiger partial charge in [-0.3, -0.25) is 4.79 Å². The van der Waals surface area contributed by atoms with Crippen molar-refractivity contribution in [2.24, 2.45) is 0 Å². The average molecular weight is 293 g/mol. The number of benzene rings is 1. The third kappa shape index (κ3) is 4.88. The van der Waals surface area contributed by atoms with Gasteiger partial charge in [-0.25, -0.2) is 0 Å². The molecule has 2 atom stereocenters. The molecule has 0 saturated carbocycles. The predicted octanol–water partition coefficient (Wildman–Crippen LogP) is 1.74. The normalized spacial score (nSPS) is 13.3. The SMILES string of the molecule is C=CCNC(CC(=O)OC)C(O)c1ccc(OC)cc1C. The van der Waals surface area contributed by atoms with Crippen molar-refractivity contribution in [3.63, 3.8) is 0 Å². The lowest BCUT2D eigenvalue weighted by molar-refractivity contribution is -0.142. The Morgan fingerprint density at radius 1 is 1.48 bits per heavy atom. The van der Waals surface area contributed by atoms with E-state index in [1.165, 1.54) is 7.11 Å². The number of methoxy groups -OCH3 is 2. The van der Waals surface area contributed by atoms with Crippen molar-refractivity contribution in [1.82, 2.24) is 5.32 Å². The number of carbonyl (C=O) groups is 1. The first kappa shape index (κ1) is 17.2. The Kier molecular flexibility index (Phi) is 6.91. The van der Waals surface area contributed by atoms with Gasteiger partial charge in [0.15, 0.2) is 0 Å². The minimum atomic E-state index is -0.824. The fourth-order valence-electron chi connectivity index (χ4n) is 2.12.